The van der Waals surface area contributed by atoms with Crippen molar-refractivity contribution in [3.63, 3.8) is 0 Å². The maximum atomic E-state index is 13.8. The predicted octanol–water partition coefficient (Wildman–Crippen LogP) is 5.65. The van der Waals surface area contributed by atoms with Crippen LogP contribution in [0.4, 0.5) is 8.78 Å². The monoisotopic (exact) mass is 389 g/mol. The number of pyridine rings is 1. The van der Waals surface area contributed by atoms with Gasteiger partial charge in [-0.25, -0.2) is 13.8 Å². The first-order valence-corrected chi connectivity index (χ1v) is 9.20. The first-order valence-electron chi connectivity index (χ1n) is 8.79. The molecule has 2 aromatic heterocycles. The van der Waals surface area contributed by atoms with E-state index in [1.807, 2.05) is 45.9 Å². The lowest BCUT2D eigenvalue weighted by molar-refractivity contribution is 0.153. The smallest absolute Gasteiger partial charge is 0.264 e. The van der Waals surface area contributed by atoms with Gasteiger partial charge in [-0.3, -0.25) is 14.3 Å². The number of benzene rings is 1. The summed E-state index contributed by atoms with van der Waals surface area (Å²) in [6.45, 7) is 7.82. The van der Waals surface area contributed by atoms with Crippen molar-refractivity contribution >= 4 is 23.3 Å². The second-order valence-electron chi connectivity index (χ2n) is 6.78. The topological polar surface area (TPSA) is 50.7 Å². The minimum absolute atomic E-state index is 0.0927. The zero-order chi connectivity index (χ0) is 19.9. The van der Waals surface area contributed by atoms with Gasteiger partial charge in [-0.05, 0) is 62.7 Å². The molecule has 3 aromatic rings. The Kier molecular flexibility index (Phi) is 5.24. The Bertz CT molecular complexity index is 1130. The van der Waals surface area contributed by atoms with Crippen molar-refractivity contribution < 1.29 is 8.78 Å². The van der Waals surface area contributed by atoms with Crippen LogP contribution in [0.25, 0.3) is 22.3 Å². The average Bonchev–Trinajstić information content (AvgIpc) is 2.62. The molecule has 2 heterocycles. The summed E-state index contributed by atoms with van der Waals surface area (Å²) in [5, 5.41) is -0.105. The molecule has 0 spiro atoms. The van der Waals surface area contributed by atoms with Crippen LogP contribution in [0.3, 0.4) is 0 Å². The fourth-order valence-corrected chi connectivity index (χ4v) is 3.45. The number of halogens is 2. The number of alkyl halides is 2. The van der Waals surface area contributed by atoms with Gasteiger partial charge in [0.05, 0.1) is 11.1 Å². The quantitative estimate of drug-likeness (QED) is 0.587. The van der Waals surface area contributed by atoms with Gasteiger partial charge in [0.15, 0.2) is 4.77 Å². The molecule has 0 bridgehead atoms. The van der Waals surface area contributed by atoms with Crippen molar-refractivity contribution in [2.75, 3.05) is 0 Å². The second kappa shape index (κ2) is 7.31. The third-order valence-corrected chi connectivity index (χ3v) is 5.29. The number of fused-ring (bicyclic) bond motifs is 1. The van der Waals surface area contributed by atoms with Gasteiger partial charge >= 0.3 is 0 Å². The van der Waals surface area contributed by atoms with Crippen molar-refractivity contribution in [2.24, 2.45) is 0 Å². The lowest BCUT2D eigenvalue weighted by Crippen LogP contribution is -2.19. The first-order chi connectivity index (χ1) is 12.7. The summed E-state index contributed by atoms with van der Waals surface area (Å²) in [7, 11) is 0. The normalized spacial score (nSPS) is 12.7. The third-order valence-electron chi connectivity index (χ3n) is 4.99. The number of aryl methyl sites for hydroxylation is 2. The van der Waals surface area contributed by atoms with Crippen molar-refractivity contribution in [3.8, 4) is 11.3 Å². The number of hydrogen-bond donors (Lipinski definition) is 1. The van der Waals surface area contributed by atoms with Gasteiger partial charge in [0.1, 0.15) is 5.65 Å². The summed E-state index contributed by atoms with van der Waals surface area (Å²) < 4.78 is 29.5. The fourth-order valence-electron chi connectivity index (χ4n) is 3.09. The van der Waals surface area contributed by atoms with Crippen molar-refractivity contribution in [1.82, 2.24) is 14.5 Å². The molecule has 1 atom stereocenters. The predicted molar refractivity (Wildman–Crippen MR) is 106 cm³/mol. The van der Waals surface area contributed by atoms with Crippen molar-refractivity contribution in [3.05, 3.63) is 56.1 Å². The number of nitrogens with zero attached hydrogens (tertiary/aromatic N) is 2. The Morgan fingerprint density at radius 2 is 1.93 bits per heavy atom. The van der Waals surface area contributed by atoms with E-state index < -0.39 is 12.0 Å². The molecule has 0 aliphatic rings. The Morgan fingerprint density at radius 3 is 2.52 bits per heavy atom. The van der Waals surface area contributed by atoms with Crippen molar-refractivity contribution in [2.45, 2.75) is 46.6 Å². The Hall–Kier alpha value is -2.41. The highest BCUT2D eigenvalue weighted by Gasteiger charge is 2.21. The second-order valence-corrected chi connectivity index (χ2v) is 7.17. The fraction of sp³-hybridized carbons (Fsp3) is 0.350. The molecule has 0 aliphatic carbocycles. The molecule has 0 unspecified atom stereocenters. The van der Waals surface area contributed by atoms with Crippen LogP contribution < -0.4 is 5.56 Å². The van der Waals surface area contributed by atoms with E-state index >= 15 is 0 Å². The van der Waals surface area contributed by atoms with E-state index in [0.29, 0.717) is 5.69 Å². The molecule has 0 radical (unpaired) electrons. The van der Waals surface area contributed by atoms with Gasteiger partial charge in [-0.15, -0.1) is 0 Å². The summed E-state index contributed by atoms with van der Waals surface area (Å²) in [6, 6.07) is 6.90. The molecule has 0 amide bonds. The number of hydrogen-bond acceptors (Lipinski definition) is 3. The molecule has 1 N–H and O–H groups in total. The number of aromatic amines is 1. The summed E-state index contributed by atoms with van der Waals surface area (Å²) in [6.07, 6.45) is -2.09. The number of rotatable bonds is 4. The van der Waals surface area contributed by atoms with Gasteiger partial charge in [-0.2, -0.15) is 0 Å². The first kappa shape index (κ1) is 19.4. The number of H-pyrrole nitrogens is 1. The molecule has 7 heteroatoms. The van der Waals surface area contributed by atoms with E-state index in [9.17, 15) is 13.6 Å². The number of nitrogens with one attached hydrogen (secondary N) is 1. The Balaban J connectivity index is 2.46. The van der Waals surface area contributed by atoms with Crippen LogP contribution >= 0.6 is 12.2 Å². The lowest BCUT2D eigenvalue weighted by atomic mass is 10.0. The standard InChI is InChI=1S/C20H21F2N3OS/c1-5-12(4)25-18-16(19(26)24-20(25)27)14(17(21)22)9-15(23-18)13-7-6-10(2)11(3)8-13/h6-9,12,17H,5H2,1-4H3,(H,24,26,27)/t12-/m1/s1. The zero-order valence-corrected chi connectivity index (χ0v) is 16.5. The SMILES string of the molecule is CC[C@@H](C)n1c(=S)[nH]c(=O)c2c(C(F)F)cc(-c3ccc(C)c(C)c3)nc21. The van der Waals surface area contributed by atoms with Gasteiger partial charge < -0.3 is 0 Å². The lowest BCUT2D eigenvalue weighted by Gasteiger charge is -2.18. The zero-order valence-electron chi connectivity index (χ0n) is 15.6. The van der Waals surface area contributed by atoms with E-state index in [-0.39, 0.29) is 27.4 Å². The number of aromatic nitrogens is 3. The summed E-state index contributed by atoms with van der Waals surface area (Å²) >= 11 is 5.30. The van der Waals surface area contributed by atoms with Crippen LogP contribution in [-0.2, 0) is 0 Å². The molecule has 27 heavy (non-hydrogen) atoms. The van der Waals surface area contributed by atoms with E-state index in [1.165, 1.54) is 6.07 Å². The molecular formula is C20H21F2N3OS. The van der Waals surface area contributed by atoms with E-state index in [2.05, 4.69) is 9.97 Å². The van der Waals surface area contributed by atoms with Crippen LogP contribution in [-0.4, -0.2) is 14.5 Å². The minimum Gasteiger partial charge on any atom is -0.300 e. The maximum Gasteiger partial charge on any atom is 0.264 e. The van der Waals surface area contributed by atoms with E-state index in [4.69, 9.17) is 12.2 Å². The molecule has 4 nitrogen and oxygen atoms in total. The highest BCUT2D eigenvalue weighted by Crippen LogP contribution is 2.31. The summed E-state index contributed by atoms with van der Waals surface area (Å²) in [5.41, 5.74) is 2.50. The van der Waals surface area contributed by atoms with Crippen LogP contribution in [0.5, 0.6) is 0 Å². The Labute approximate surface area is 160 Å². The summed E-state index contributed by atoms with van der Waals surface area (Å²) in [4.78, 5) is 19.5. The van der Waals surface area contributed by atoms with Gasteiger partial charge in [0.2, 0.25) is 0 Å². The molecule has 1 aromatic carbocycles. The average molecular weight is 389 g/mol. The highest BCUT2D eigenvalue weighted by molar-refractivity contribution is 7.71. The molecular weight excluding hydrogens is 368 g/mol. The molecule has 0 saturated carbocycles. The summed E-state index contributed by atoms with van der Waals surface area (Å²) in [5.74, 6) is 0. The van der Waals surface area contributed by atoms with Crippen molar-refractivity contribution in [1.29, 1.82) is 0 Å². The van der Waals surface area contributed by atoms with Crippen LogP contribution in [0.15, 0.2) is 29.1 Å². The van der Waals surface area contributed by atoms with Gasteiger partial charge in [0, 0.05) is 17.2 Å². The maximum absolute atomic E-state index is 13.8. The van der Waals surface area contributed by atoms with E-state index in [0.717, 1.165) is 23.1 Å². The van der Waals surface area contributed by atoms with Crippen LogP contribution in [0.1, 0.15) is 49.4 Å². The molecule has 0 fully saturated rings. The van der Waals surface area contributed by atoms with Crippen LogP contribution in [0, 0.1) is 18.6 Å². The van der Waals surface area contributed by atoms with Crippen LogP contribution in [0.2, 0.25) is 0 Å². The third kappa shape index (κ3) is 3.43. The van der Waals surface area contributed by atoms with Gasteiger partial charge in [-0.1, -0.05) is 19.1 Å². The molecule has 0 saturated heterocycles. The molecule has 0 aliphatic heterocycles. The minimum atomic E-state index is -2.80. The molecule has 3 rings (SSSR count). The van der Waals surface area contributed by atoms with Gasteiger partial charge in [0.25, 0.3) is 12.0 Å². The molecule has 142 valence electrons. The van der Waals surface area contributed by atoms with E-state index in [1.54, 1.807) is 4.57 Å². The Morgan fingerprint density at radius 1 is 1.22 bits per heavy atom. The highest BCUT2D eigenvalue weighted by atomic mass is 32.1. The largest absolute Gasteiger partial charge is 0.300 e.